The zero-order valence-corrected chi connectivity index (χ0v) is 11.9. The molecule has 0 aromatic heterocycles. The summed E-state index contributed by atoms with van der Waals surface area (Å²) in [6.07, 6.45) is 1.83. The first-order valence-electron chi connectivity index (χ1n) is 5.90. The minimum atomic E-state index is -0.387. The number of nitro groups is 1. The molecule has 0 saturated heterocycles. The van der Waals surface area contributed by atoms with Crippen LogP contribution in [0.5, 0.6) is 0 Å². The summed E-state index contributed by atoms with van der Waals surface area (Å²) >= 11 is 3.30. The number of hydrogen-bond acceptors (Lipinski definition) is 4. The van der Waals surface area contributed by atoms with Gasteiger partial charge in [-0.2, -0.15) is 0 Å². The third-order valence-electron chi connectivity index (χ3n) is 2.28. The number of rotatable bonds is 8. The number of nitro benzene ring substituents is 1. The Morgan fingerprint density at radius 1 is 1.44 bits per heavy atom. The third-order valence-corrected chi connectivity index (χ3v) is 2.78. The fraction of sp³-hybridized carbons (Fsp3) is 0.500. The molecule has 1 rings (SSSR count). The highest BCUT2D eigenvalue weighted by Crippen LogP contribution is 2.27. The average molecular weight is 317 g/mol. The Balaban J connectivity index is 2.45. The lowest BCUT2D eigenvalue weighted by Crippen LogP contribution is -2.07. The van der Waals surface area contributed by atoms with Gasteiger partial charge >= 0.3 is 0 Å². The molecule has 0 radical (unpaired) electrons. The first kappa shape index (κ1) is 14.9. The zero-order valence-electron chi connectivity index (χ0n) is 10.3. The van der Waals surface area contributed by atoms with Gasteiger partial charge < -0.3 is 10.1 Å². The molecule has 100 valence electrons. The largest absolute Gasteiger partial charge is 0.381 e. The van der Waals surface area contributed by atoms with Crippen LogP contribution in [0, 0.1) is 10.1 Å². The SMILES string of the molecule is CCCOCCCNc1cc(Br)ccc1[N+](=O)[O-]. The molecule has 0 heterocycles. The Morgan fingerprint density at radius 3 is 2.89 bits per heavy atom. The van der Waals surface area contributed by atoms with Gasteiger partial charge in [0.1, 0.15) is 5.69 Å². The number of hydrogen-bond donors (Lipinski definition) is 1. The molecule has 0 atom stereocenters. The Kier molecular flexibility index (Phi) is 6.67. The van der Waals surface area contributed by atoms with Crippen LogP contribution in [0.1, 0.15) is 19.8 Å². The average Bonchev–Trinajstić information content (AvgIpc) is 2.33. The van der Waals surface area contributed by atoms with Crippen molar-refractivity contribution in [1.82, 2.24) is 0 Å². The molecule has 0 aliphatic heterocycles. The summed E-state index contributed by atoms with van der Waals surface area (Å²) in [5.74, 6) is 0. The highest BCUT2D eigenvalue weighted by Gasteiger charge is 2.12. The van der Waals surface area contributed by atoms with Gasteiger partial charge in [0.25, 0.3) is 5.69 Å². The summed E-state index contributed by atoms with van der Waals surface area (Å²) in [4.78, 5) is 10.4. The lowest BCUT2D eigenvalue weighted by molar-refractivity contribution is -0.384. The Labute approximate surface area is 115 Å². The normalized spacial score (nSPS) is 10.3. The third kappa shape index (κ3) is 5.01. The van der Waals surface area contributed by atoms with Gasteiger partial charge in [-0.1, -0.05) is 22.9 Å². The van der Waals surface area contributed by atoms with Crippen LogP contribution < -0.4 is 5.32 Å². The molecule has 0 aliphatic carbocycles. The van der Waals surface area contributed by atoms with Gasteiger partial charge in [0.15, 0.2) is 0 Å². The molecule has 5 nitrogen and oxygen atoms in total. The summed E-state index contributed by atoms with van der Waals surface area (Å²) in [6.45, 7) is 4.14. The molecule has 0 fully saturated rings. The van der Waals surface area contributed by atoms with Crippen molar-refractivity contribution >= 4 is 27.3 Å². The molecule has 0 bridgehead atoms. The molecule has 0 spiro atoms. The predicted molar refractivity (Wildman–Crippen MR) is 75.0 cm³/mol. The van der Waals surface area contributed by atoms with Gasteiger partial charge in [0.05, 0.1) is 4.92 Å². The number of nitrogens with one attached hydrogen (secondary N) is 1. The number of anilines is 1. The minimum Gasteiger partial charge on any atom is -0.381 e. The van der Waals surface area contributed by atoms with Crippen molar-refractivity contribution in [2.75, 3.05) is 25.1 Å². The van der Waals surface area contributed by atoms with Gasteiger partial charge in [-0.15, -0.1) is 0 Å². The highest BCUT2D eigenvalue weighted by atomic mass is 79.9. The topological polar surface area (TPSA) is 64.4 Å². The predicted octanol–water partition coefficient (Wildman–Crippen LogP) is 3.59. The second-order valence-electron chi connectivity index (χ2n) is 3.81. The maximum absolute atomic E-state index is 10.8. The first-order valence-corrected chi connectivity index (χ1v) is 6.70. The fourth-order valence-corrected chi connectivity index (χ4v) is 1.81. The van der Waals surface area contributed by atoms with E-state index in [9.17, 15) is 10.1 Å². The first-order chi connectivity index (χ1) is 8.65. The summed E-state index contributed by atoms with van der Waals surface area (Å²) in [7, 11) is 0. The van der Waals surface area contributed by atoms with Gasteiger partial charge in [0.2, 0.25) is 0 Å². The van der Waals surface area contributed by atoms with Crippen molar-refractivity contribution < 1.29 is 9.66 Å². The second-order valence-corrected chi connectivity index (χ2v) is 4.73. The monoisotopic (exact) mass is 316 g/mol. The fourth-order valence-electron chi connectivity index (χ4n) is 1.45. The Hall–Kier alpha value is -1.14. The van der Waals surface area contributed by atoms with Crippen LogP contribution in [-0.2, 0) is 4.74 Å². The zero-order chi connectivity index (χ0) is 13.4. The maximum atomic E-state index is 10.8. The molecule has 1 aromatic carbocycles. The van der Waals surface area contributed by atoms with Gasteiger partial charge in [-0.25, -0.2) is 0 Å². The van der Waals surface area contributed by atoms with Gasteiger partial charge in [-0.3, -0.25) is 10.1 Å². The van der Waals surface area contributed by atoms with E-state index in [1.165, 1.54) is 6.07 Å². The Bertz CT molecular complexity index is 399. The van der Waals surface area contributed by atoms with E-state index in [4.69, 9.17) is 4.74 Å². The number of halogens is 1. The number of benzene rings is 1. The van der Waals surface area contributed by atoms with Crippen LogP contribution in [-0.4, -0.2) is 24.7 Å². The van der Waals surface area contributed by atoms with E-state index >= 15 is 0 Å². The van der Waals surface area contributed by atoms with Crippen LogP contribution in [0.15, 0.2) is 22.7 Å². The smallest absolute Gasteiger partial charge is 0.292 e. The molecular formula is C12H17BrN2O3. The van der Waals surface area contributed by atoms with E-state index in [1.54, 1.807) is 12.1 Å². The molecule has 6 heteroatoms. The van der Waals surface area contributed by atoms with Crippen LogP contribution in [0.2, 0.25) is 0 Å². The number of ether oxygens (including phenoxy) is 1. The van der Waals surface area contributed by atoms with Crippen LogP contribution in [0.4, 0.5) is 11.4 Å². The van der Waals surface area contributed by atoms with Crippen molar-refractivity contribution in [2.45, 2.75) is 19.8 Å². The minimum absolute atomic E-state index is 0.0904. The molecule has 0 unspecified atom stereocenters. The molecule has 1 N–H and O–H groups in total. The van der Waals surface area contributed by atoms with Crippen molar-refractivity contribution in [3.63, 3.8) is 0 Å². The summed E-state index contributed by atoms with van der Waals surface area (Å²) in [5.41, 5.74) is 0.623. The van der Waals surface area contributed by atoms with Crippen LogP contribution in [0.25, 0.3) is 0 Å². The molecule has 0 aliphatic rings. The summed E-state index contributed by atoms with van der Waals surface area (Å²) < 4.78 is 6.16. The van der Waals surface area contributed by atoms with E-state index in [1.807, 2.05) is 0 Å². The van der Waals surface area contributed by atoms with Crippen LogP contribution in [0.3, 0.4) is 0 Å². The molecule has 18 heavy (non-hydrogen) atoms. The molecule has 1 aromatic rings. The van der Waals surface area contributed by atoms with E-state index in [0.717, 1.165) is 23.9 Å². The number of nitrogens with zero attached hydrogens (tertiary/aromatic N) is 1. The van der Waals surface area contributed by atoms with Crippen molar-refractivity contribution in [3.05, 3.63) is 32.8 Å². The summed E-state index contributed by atoms with van der Waals surface area (Å²) in [6, 6.07) is 4.86. The molecular weight excluding hydrogens is 300 g/mol. The van der Waals surface area contributed by atoms with Crippen molar-refractivity contribution in [1.29, 1.82) is 0 Å². The van der Waals surface area contributed by atoms with E-state index in [0.29, 0.717) is 18.8 Å². The maximum Gasteiger partial charge on any atom is 0.292 e. The highest BCUT2D eigenvalue weighted by molar-refractivity contribution is 9.10. The van der Waals surface area contributed by atoms with Crippen LogP contribution >= 0.6 is 15.9 Å². The summed E-state index contributed by atoms with van der Waals surface area (Å²) in [5, 5.41) is 13.9. The van der Waals surface area contributed by atoms with E-state index < -0.39 is 0 Å². The van der Waals surface area contributed by atoms with E-state index in [-0.39, 0.29) is 10.6 Å². The van der Waals surface area contributed by atoms with Crippen molar-refractivity contribution in [3.8, 4) is 0 Å². The Morgan fingerprint density at radius 2 is 2.22 bits per heavy atom. The second kappa shape index (κ2) is 8.05. The van der Waals surface area contributed by atoms with Crippen molar-refractivity contribution in [2.24, 2.45) is 0 Å². The quantitative estimate of drug-likeness (QED) is 0.452. The van der Waals surface area contributed by atoms with E-state index in [2.05, 4.69) is 28.2 Å². The standard InChI is InChI=1S/C12H17BrN2O3/c1-2-7-18-8-3-6-14-11-9-10(13)4-5-12(11)15(16)17/h4-5,9,14H,2-3,6-8H2,1H3. The van der Waals surface area contributed by atoms with Gasteiger partial charge in [-0.05, 0) is 25.0 Å². The lowest BCUT2D eigenvalue weighted by Gasteiger charge is -2.07. The molecule has 0 amide bonds. The molecule has 0 saturated carbocycles. The van der Waals surface area contributed by atoms with Gasteiger partial charge in [0, 0.05) is 30.3 Å². The lowest BCUT2D eigenvalue weighted by atomic mass is 10.2.